The number of carbonyl (C=O) groups is 1. The number of amides is 1. The average Bonchev–Trinajstić information content (AvgIpc) is 2.49. The van der Waals surface area contributed by atoms with E-state index in [4.69, 9.17) is 0 Å². The molecular formula is C13H9FN4O3. The minimum Gasteiger partial charge on any atom is -0.267 e. The van der Waals surface area contributed by atoms with E-state index in [-0.39, 0.29) is 11.3 Å². The molecule has 0 spiro atoms. The minimum absolute atomic E-state index is 0.0979. The number of benzene rings is 1. The first-order valence-electron chi connectivity index (χ1n) is 5.75. The molecule has 0 saturated carbocycles. The van der Waals surface area contributed by atoms with Crippen LogP contribution in [0.2, 0.25) is 0 Å². The standard InChI is InChI=1S/C13H9FN4O3/c14-12-2-1-11(18(20)21)7-10(12)8-16-17-13(19)9-3-5-15-6-4-9/h1-8H,(H,17,19)/b16-8+. The van der Waals surface area contributed by atoms with Crippen LogP contribution in [0.25, 0.3) is 0 Å². The van der Waals surface area contributed by atoms with Crippen molar-refractivity contribution in [3.8, 4) is 0 Å². The lowest BCUT2D eigenvalue weighted by molar-refractivity contribution is -0.384. The van der Waals surface area contributed by atoms with Gasteiger partial charge in [0.2, 0.25) is 0 Å². The number of pyridine rings is 1. The second kappa shape index (κ2) is 6.33. The second-order valence-electron chi connectivity index (χ2n) is 3.90. The van der Waals surface area contributed by atoms with E-state index < -0.39 is 16.6 Å². The third-order valence-corrected chi connectivity index (χ3v) is 2.50. The molecule has 1 N–H and O–H groups in total. The van der Waals surface area contributed by atoms with Crippen molar-refractivity contribution in [2.75, 3.05) is 0 Å². The fourth-order valence-electron chi connectivity index (χ4n) is 1.47. The van der Waals surface area contributed by atoms with E-state index in [1.54, 1.807) is 0 Å². The molecule has 0 unspecified atom stereocenters. The molecule has 0 atom stereocenters. The highest BCUT2D eigenvalue weighted by atomic mass is 19.1. The summed E-state index contributed by atoms with van der Waals surface area (Å²) in [4.78, 5) is 25.3. The number of hydrazone groups is 1. The molecule has 1 aromatic heterocycles. The third-order valence-electron chi connectivity index (χ3n) is 2.50. The van der Waals surface area contributed by atoms with Gasteiger partial charge in [-0.15, -0.1) is 0 Å². The summed E-state index contributed by atoms with van der Waals surface area (Å²) in [5.74, 6) is -1.18. The number of hydrogen-bond donors (Lipinski definition) is 1. The van der Waals surface area contributed by atoms with E-state index in [0.29, 0.717) is 5.56 Å². The maximum atomic E-state index is 13.4. The molecule has 0 aliphatic rings. The van der Waals surface area contributed by atoms with Crippen molar-refractivity contribution in [2.24, 2.45) is 5.10 Å². The van der Waals surface area contributed by atoms with Gasteiger partial charge in [-0.05, 0) is 18.2 Å². The number of aromatic nitrogens is 1. The number of non-ortho nitro benzene ring substituents is 1. The Balaban J connectivity index is 2.10. The predicted octanol–water partition coefficient (Wildman–Crippen LogP) is 1.89. The Morgan fingerprint density at radius 2 is 2.05 bits per heavy atom. The summed E-state index contributed by atoms with van der Waals surface area (Å²) >= 11 is 0. The van der Waals surface area contributed by atoms with Crippen LogP contribution in [-0.2, 0) is 0 Å². The molecule has 1 amide bonds. The highest BCUT2D eigenvalue weighted by molar-refractivity contribution is 5.94. The average molecular weight is 288 g/mol. The number of nitro groups is 1. The van der Waals surface area contributed by atoms with Crippen molar-refractivity contribution >= 4 is 17.8 Å². The molecule has 106 valence electrons. The molecule has 1 aromatic carbocycles. The summed E-state index contributed by atoms with van der Waals surface area (Å²) in [6.07, 6.45) is 3.89. The zero-order chi connectivity index (χ0) is 15.2. The first-order chi connectivity index (χ1) is 10.1. The molecule has 0 aliphatic heterocycles. The SMILES string of the molecule is O=C(N/N=C/c1cc([N+](=O)[O-])ccc1F)c1ccncc1. The Labute approximate surface area is 118 Å². The van der Waals surface area contributed by atoms with Gasteiger partial charge in [0.1, 0.15) is 5.82 Å². The van der Waals surface area contributed by atoms with Gasteiger partial charge in [-0.1, -0.05) is 0 Å². The normalized spacial score (nSPS) is 10.5. The van der Waals surface area contributed by atoms with Crippen molar-refractivity contribution in [2.45, 2.75) is 0 Å². The van der Waals surface area contributed by atoms with Crippen LogP contribution in [0.5, 0.6) is 0 Å². The van der Waals surface area contributed by atoms with Gasteiger partial charge < -0.3 is 0 Å². The Morgan fingerprint density at radius 1 is 1.33 bits per heavy atom. The summed E-state index contributed by atoms with van der Waals surface area (Å²) in [6.45, 7) is 0. The molecule has 2 aromatic rings. The monoisotopic (exact) mass is 288 g/mol. The smallest absolute Gasteiger partial charge is 0.267 e. The van der Waals surface area contributed by atoms with E-state index in [2.05, 4.69) is 15.5 Å². The lowest BCUT2D eigenvalue weighted by atomic mass is 10.2. The quantitative estimate of drug-likeness (QED) is 0.527. The molecular weight excluding hydrogens is 279 g/mol. The number of carbonyl (C=O) groups excluding carboxylic acids is 1. The van der Waals surface area contributed by atoms with Crippen LogP contribution < -0.4 is 5.43 Å². The van der Waals surface area contributed by atoms with Crippen LogP contribution in [0.15, 0.2) is 47.8 Å². The Morgan fingerprint density at radius 3 is 2.71 bits per heavy atom. The number of nitrogens with zero attached hydrogens (tertiary/aromatic N) is 3. The van der Waals surface area contributed by atoms with Crippen molar-refractivity contribution in [1.82, 2.24) is 10.4 Å². The van der Waals surface area contributed by atoms with Gasteiger partial charge in [-0.3, -0.25) is 19.9 Å². The van der Waals surface area contributed by atoms with Crippen LogP contribution in [0.4, 0.5) is 10.1 Å². The summed E-state index contributed by atoms with van der Waals surface area (Å²) in [7, 11) is 0. The van der Waals surface area contributed by atoms with Gasteiger partial charge in [0, 0.05) is 35.7 Å². The summed E-state index contributed by atoms with van der Waals surface area (Å²) in [6, 6.07) is 6.00. The molecule has 21 heavy (non-hydrogen) atoms. The molecule has 0 saturated heterocycles. The van der Waals surface area contributed by atoms with E-state index >= 15 is 0 Å². The van der Waals surface area contributed by atoms with Gasteiger partial charge >= 0.3 is 0 Å². The van der Waals surface area contributed by atoms with Crippen molar-refractivity contribution in [3.05, 3.63) is 69.8 Å². The second-order valence-corrected chi connectivity index (χ2v) is 3.90. The predicted molar refractivity (Wildman–Crippen MR) is 72.4 cm³/mol. The van der Waals surface area contributed by atoms with Crippen LogP contribution in [0, 0.1) is 15.9 Å². The fraction of sp³-hybridized carbons (Fsp3) is 0. The molecule has 0 fully saturated rings. The van der Waals surface area contributed by atoms with Crippen LogP contribution in [0.3, 0.4) is 0 Å². The highest BCUT2D eigenvalue weighted by Crippen LogP contribution is 2.15. The van der Waals surface area contributed by atoms with Gasteiger partial charge in [0.15, 0.2) is 0 Å². The summed E-state index contributed by atoms with van der Waals surface area (Å²) < 4.78 is 13.4. The van der Waals surface area contributed by atoms with Crippen molar-refractivity contribution < 1.29 is 14.1 Å². The molecule has 2 rings (SSSR count). The maximum absolute atomic E-state index is 13.4. The highest BCUT2D eigenvalue weighted by Gasteiger charge is 2.09. The molecule has 0 aliphatic carbocycles. The lowest BCUT2D eigenvalue weighted by Crippen LogP contribution is -2.17. The van der Waals surface area contributed by atoms with Crippen LogP contribution in [-0.4, -0.2) is 22.0 Å². The van der Waals surface area contributed by atoms with E-state index in [1.807, 2.05) is 0 Å². The number of nitrogens with one attached hydrogen (secondary N) is 1. The maximum Gasteiger partial charge on any atom is 0.271 e. The number of halogens is 1. The third kappa shape index (κ3) is 3.66. The van der Waals surface area contributed by atoms with Crippen LogP contribution in [0.1, 0.15) is 15.9 Å². The van der Waals surface area contributed by atoms with E-state index in [0.717, 1.165) is 24.4 Å². The summed E-state index contributed by atoms with van der Waals surface area (Å²) in [5.41, 5.74) is 2.16. The van der Waals surface area contributed by atoms with Gasteiger partial charge in [0.05, 0.1) is 11.1 Å². The fourth-order valence-corrected chi connectivity index (χ4v) is 1.47. The molecule has 7 nitrogen and oxygen atoms in total. The number of nitro benzene ring substituents is 1. The van der Waals surface area contributed by atoms with Crippen LogP contribution >= 0.6 is 0 Å². The van der Waals surface area contributed by atoms with E-state index in [1.165, 1.54) is 24.5 Å². The van der Waals surface area contributed by atoms with Gasteiger partial charge in [-0.2, -0.15) is 5.10 Å². The Bertz CT molecular complexity index is 704. The molecule has 0 radical (unpaired) electrons. The number of hydrogen-bond acceptors (Lipinski definition) is 5. The van der Waals surface area contributed by atoms with E-state index in [9.17, 15) is 19.3 Å². The molecule has 0 bridgehead atoms. The van der Waals surface area contributed by atoms with Crippen molar-refractivity contribution in [3.63, 3.8) is 0 Å². The minimum atomic E-state index is -0.678. The van der Waals surface area contributed by atoms with Gasteiger partial charge in [-0.25, -0.2) is 9.82 Å². The lowest BCUT2D eigenvalue weighted by Gasteiger charge is -1.99. The number of rotatable bonds is 4. The molecule has 1 heterocycles. The summed E-state index contributed by atoms with van der Waals surface area (Å²) in [5, 5.41) is 14.2. The zero-order valence-corrected chi connectivity index (χ0v) is 10.6. The first-order valence-corrected chi connectivity index (χ1v) is 5.75. The topological polar surface area (TPSA) is 97.5 Å². The Hall–Kier alpha value is -3.16. The largest absolute Gasteiger partial charge is 0.271 e. The Kier molecular flexibility index (Phi) is 4.30. The molecule has 8 heteroatoms. The zero-order valence-electron chi connectivity index (χ0n) is 10.6. The van der Waals surface area contributed by atoms with Gasteiger partial charge in [0.25, 0.3) is 11.6 Å². The van der Waals surface area contributed by atoms with Crippen molar-refractivity contribution in [1.29, 1.82) is 0 Å². The first kappa shape index (κ1) is 14.3.